The fourth-order valence-corrected chi connectivity index (χ4v) is 3.61. The molecule has 0 saturated heterocycles. The van der Waals surface area contributed by atoms with Crippen LogP contribution in [-0.4, -0.2) is 0 Å². The van der Waals surface area contributed by atoms with Crippen LogP contribution in [0.15, 0.2) is 34.1 Å². The third kappa shape index (κ3) is 3.45. The van der Waals surface area contributed by atoms with Crippen molar-refractivity contribution in [3.05, 3.63) is 55.1 Å². The van der Waals surface area contributed by atoms with Crippen molar-refractivity contribution >= 4 is 50.5 Å². The Kier molecular flexibility index (Phi) is 4.50. The lowest BCUT2D eigenvalue weighted by Gasteiger charge is -2.11. The first kappa shape index (κ1) is 15.2. The molecule has 0 amide bonds. The van der Waals surface area contributed by atoms with Crippen LogP contribution in [-0.2, 0) is 6.18 Å². The maximum Gasteiger partial charge on any atom is 0.416 e. The zero-order chi connectivity index (χ0) is 14.2. The van der Waals surface area contributed by atoms with Crippen molar-refractivity contribution in [1.29, 1.82) is 0 Å². The van der Waals surface area contributed by atoms with Crippen LogP contribution in [0.2, 0.25) is 5.02 Å². The Balaban J connectivity index is 2.36. The van der Waals surface area contributed by atoms with Gasteiger partial charge in [-0.15, -0.1) is 22.9 Å². The van der Waals surface area contributed by atoms with Crippen molar-refractivity contribution in [2.45, 2.75) is 11.6 Å². The highest BCUT2D eigenvalue weighted by molar-refractivity contribution is 9.11. The highest BCUT2D eigenvalue weighted by Gasteiger charge is 2.31. The molecule has 19 heavy (non-hydrogen) atoms. The molecule has 0 aliphatic heterocycles. The fraction of sp³-hybridized carbons (Fsp3) is 0.167. The molecular formula is C12H6BrCl2F3S. The summed E-state index contributed by atoms with van der Waals surface area (Å²) in [7, 11) is 0. The van der Waals surface area contributed by atoms with E-state index in [1.807, 2.05) is 0 Å². The van der Waals surface area contributed by atoms with E-state index in [1.54, 1.807) is 12.1 Å². The van der Waals surface area contributed by atoms with E-state index < -0.39 is 17.1 Å². The summed E-state index contributed by atoms with van der Waals surface area (Å²) >= 11 is 16.6. The zero-order valence-electron chi connectivity index (χ0n) is 9.14. The summed E-state index contributed by atoms with van der Waals surface area (Å²) in [5.74, 6) is 0. The monoisotopic (exact) mass is 388 g/mol. The topological polar surface area (TPSA) is 0 Å². The third-order valence-electron chi connectivity index (χ3n) is 2.42. The number of rotatable bonds is 2. The average molecular weight is 390 g/mol. The third-order valence-corrected chi connectivity index (χ3v) is 5.58. The second-order valence-corrected chi connectivity index (χ2v) is 7.00. The lowest BCUT2D eigenvalue weighted by Crippen LogP contribution is -2.05. The molecule has 1 atom stereocenters. The largest absolute Gasteiger partial charge is 0.416 e. The molecule has 7 heteroatoms. The van der Waals surface area contributed by atoms with Crippen molar-refractivity contribution in [1.82, 2.24) is 0 Å². The summed E-state index contributed by atoms with van der Waals surface area (Å²) in [4.78, 5) is 0.692. The van der Waals surface area contributed by atoms with Crippen molar-refractivity contribution < 1.29 is 13.2 Å². The number of hydrogen-bond acceptors (Lipinski definition) is 1. The summed E-state index contributed by atoms with van der Waals surface area (Å²) in [6.07, 6.45) is -4.37. The minimum absolute atomic E-state index is 0.391. The summed E-state index contributed by atoms with van der Waals surface area (Å²) in [5.41, 5.74) is -0.320. The van der Waals surface area contributed by atoms with Crippen molar-refractivity contribution in [3.8, 4) is 0 Å². The molecule has 0 bridgehead atoms. The lowest BCUT2D eigenvalue weighted by molar-refractivity contribution is -0.137. The van der Waals surface area contributed by atoms with E-state index in [4.69, 9.17) is 23.2 Å². The molecule has 0 saturated carbocycles. The summed E-state index contributed by atoms with van der Waals surface area (Å²) < 4.78 is 38.6. The van der Waals surface area contributed by atoms with Gasteiger partial charge in [-0.1, -0.05) is 23.7 Å². The molecule has 2 rings (SSSR count). The van der Waals surface area contributed by atoms with E-state index in [-0.39, 0.29) is 0 Å². The normalized spacial score (nSPS) is 13.6. The van der Waals surface area contributed by atoms with E-state index in [0.717, 1.165) is 12.1 Å². The van der Waals surface area contributed by atoms with E-state index in [9.17, 15) is 13.2 Å². The van der Waals surface area contributed by atoms with Crippen molar-refractivity contribution in [2.24, 2.45) is 0 Å². The van der Waals surface area contributed by atoms with Crippen LogP contribution < -0.4 is 0 Å². The SMILES string of the molecule is FC(F)(F)c1cccc(C(Cl)c2cc(Cl)c(Br)s2)c1. The highest BCUT2D eigenvalue weighted by atomic mass is 79.9. The van der Waals surface area contributed by atoms with Gasteiger partial charge in [0, 0.05) is 4.88 Å². The molecule has 1 unspecified atom stereocenters. The first-order chi connectivity index (χ1) is 8.79. The number of halogens is 6. The van der Waals surface area contributed by atoms with Gasteiger partial charge in [0.15, 0.2) is 0 Å². The predicted octanol–water partition coefficient (Wildman–Crippen LogP) is 6.51. The van der Waals surface area contributed by atoms with Gasteiger partial charge in [0.2, 0.25) is 0 Å². The predicted molar refractivity (Wildman–Crippen MR) is 76.2 cm³/mol. The molecule has 0 spiro atoms. The molecule has 0 aliphatic carbocycles. The maximum atomic E-state index is 12.6. The first-order valence-electron chi connectivity index (χ1n) is 5.05. The quantitative estimate of drug-likeness (QED) is 0.513. The first-order valence-corrected chi connectivity index (χ1v) is 7.47. The second kappa shape index (κ2) is 5.64. The van der Waals surface area contributed by atoms with Gasteiger partial charge in [0.1, 0.15) is 0 Å². The fourth-order valence-electron chi connectivity index (χ4n) is 1.53. The minimum atomic E-state index is -4.37. The van der Waals surface area contributed by atoms with E-state index in [2.05, 4.69) is 15.9 Å². The van der Waals surface area contributed by atoms with Crippen LogP contribution in [0.5, 0.6) is 0 Å². The Morgan fingerprint density at radius 2 is 1.89 bits per heavy atom. The van der Waals surface area contributed by atoms with Crippen LogP contribution in [0, 0.1) is 0 Å². The van der Waals surface area contributed by atoms with Crippen LogP contribution in [0.1, 0.15) is 21.4 Å². The van der Waals surface area contributed by atoms with E-state index >= 15 is 0 Å². The molecule has 0 N–H and O–H groups in total. The molecule has 102 valence electrons. The molecule has 2 aromatic rings. The lowest BCUT2D eigenvalue weighted by atomic mass is 10.1. The highest BCUT2D eigenvalue weighted by Crippen LogP contribution is 2.41. The van der Waals surface area contributed by atoms with Gasteiger partial charge in [-0.3, -0.25) is 0 Å². The second-order valence-electron chi connectivity index (χ2n) is 3.76. The Morgan fingerprint density at radius 3 is 2.42 bits per heavy atom. The molecular weight excluding hydrogens is 384 g/mol. The van der Waals surface area contributed by atoms with Crippen LogP contribution in [0.25, 0.3) is 0 Å². The smallest absolute Gasteiger partial charge is 0.166 e. The standard InChI is InChI=1S/C12H6BrCl2F3S/c13-11-8(14)5-9(19-11)10(15)6-2-1-3-7(4-6)12(16,17)18/h1-5,10H. The molecule has 1 aromatic carbocycles. The zero-order valence-corrected chi connectivity index (χ0v) is 13.1. The van der Waals surface area contributed by atoms with Crippen LogP contribution in [0.4, 0.5) is 13.2 Å². The van der Waals surface area contributed by atoms with Gasteiger partial charge in [-0.2, -0.15) is 13.2 Å². The van der Waals surface area contributed by atoms with Gasteiger partial charge in [-0.05, 0) is 39.7 Å². The van der Waals surface area contributed by atoms with E-state index in [1.165, 1.54) is 17.4 Å². The minimum Gasteiger partial charge on any atom is -0.166 e. The Hall–Kier alpha value is -0.230. The van der Waals surface area contributed by atoms with E-state index in [0.29, 0.717) is 19.2 Å². The van der Waals surface area contributed by atoms with Crippen LogP contribution in [0.3, 0.4) is 0 Å². The molecule has 0 radical (unpaired) electrons. The molecule has 1 aromatic heterocycles. The molecule has 0 nitrogen and oxygen atoms in total. The number of hydrogen-bond donors (Lipinski definition) is 0. The molecule has 0 fully saturated rings. The van der Waals surface area contributed by atoms with Gasteiger partial charge < -0.3 is 0 Å². The number of benzene rings is 1. The summed E-state index contributed by atoms with van der Waals surface area (Å²) in [5, 5.41) is -0.159. The average Bonchev–Trinajstić information content (AvgIpc) is 2.68. The summed E-state index contributed by atoms with van der Waals surface area (Å²) in [6.45, 7) is 0. The Labute approximate surface area is 130 Å². The number of alkyl halides is 4. The Morgan fingerprint density at radius 1 is 1.21 bits per heavy atom. The summed E-state index contributed by atoms with van der Waals surface area (Å²) in [6, 6.07) is 6.63. The van der Waals surface area contributed by atoms with Gasteiger partial charge in [0.25, 0.3) is 0 Å². The van der Waals surface area contributed by atoms with Gasteiger partial charge in [0.05, 0.1) is 19.7 Å². The maximum absolute atomic E-state index is 12.6. The molecule has 1 heterocycles. The van der Waals surface area contributed by atoms with Gasteiger partial charge in [-0.25, -0.2) is 0 Å². The van der Waals surface area contributed by atoms with Crippen LogP contribution >= 0.6 is 50.5 Å². The molecule has 0 aliphatic rings. The van der Waals surface area contributed by atoms with Crippen molar-refractivity contribution in [2.75, 3.05) is 0 Å². The Bertz CT molecular complexity index is 575. The number of thiophene rings is 1. The van der Waals surface area contributed by atoms with Crippen molar-refractivity contribution in [3.63, 3.8) is 0 Å². The van der Waals surface area contributed by atoms with Gasteiger partial charge >= 0.3 is 6.18 Å².